The van der Waals surface area contributed by atoms with E-state index in [1.165, 1.54) is 5.56 Å². The van der Waals surface area contributed by atoms with Crippen LogP contribution in [0, 0.1) is 0 Å². The zero-order valence-electron chi connectivity index (χ0n) is 12.4. The molecule has 3 unspecified atom stereocenters. The Morgan fingerprint density at radius 3 is 2.62 bits per heavy atom. The minimum Gasteiger partial charge on any atom is -0.507 e. The van der Waals surface area contributed by atoms with E-state index in [0.29, 0.717) is 17.7 Å². The number of phenolic OH excluding ortho intramolecular Hbond substituents is 1. The quantitative estimate of drug-likeness (QED) is 0.881. The zero-order valence-corrected chi connectivity index (χ0v) is 12.4. The van der Waals surface area contributed by atoms with Gasteiger partial charge in [-0.1, -0.05) is 36.4 Å². The third-order valence-electron chi connectivity index (χ3n) is 4.19. The van der Waals surface area contributed by atoms with Crippen molar-refractivity contribution in [2.75, 3.05) is 7.11 Å². The number of hydrogen-bond donors (Lipinski definition) is 2. The number of benzene rings is 2. The molecule has 0 aromatic heterocycles. The molecule has 110 valence electrons. The van der Waals surface area contributed by atoms with Crippen LogP contribution in [0.4, 0.5) is 0 Å². The van der Waals surface area contributed by atoms with Gasteiger partial charge in [0, 0.05) is 29.6 Å². The number of ether oxygens (including phenoxy) is 1. The van der Waals surface area contributed by atoms with Crippen molar-refractivity contribution in [2.45, 2.75) is 31.3 Å². The highest BCUT2D eigenvalue weighted by atomic mass is 16.5. The molecule has 21 heavy (non-hydrogen) atoms. The fourth-order valence-corrected chi connectivity index (χ4v) is 2.88. The topological polar surface area (TPSA) is 41.5 Å². The minimum atomic E-state index is 0.120. The maximum Gasteiger partial charge on any atom is 0.124 e. The molecule has 0 saturated heterocycles. The highest BCUT2D eigenvalue weighted by molar-refractivity contribution is 5.41. The van der Waals surface area contributed by atoms with E-state index < -0.39 is 0 Å². The van der Waals surface area contributed by atoms with Crippen molar-refractivity contribution in [1.82, 2.24) is 5.32 Å². The van der Waals surface area contributed by atoms with E-state index in [2.05, 4.69) is 36.5 Å². The van der Waals surface area contributed by atoms with E-state index in [-0.39, 0.29) is 11.8 Å². The van der Waals surface area contributed by atoms with Crippen molar-refractivity contribution < 1.29 is 9.84 Å². The first-order valence-corrected chi connectivity index (χ1v) is 7.37. The molecule has 0 aliphatic heterocycles. The molecule has 3 heteroatoms. The third-order valence-corrected chi connectivity index (χ3v) is 4.19. The van der Waals surface area contributed by atoms with Gasteiger partial charge >= 0.3 is 0 Å². The molecule has 2 N–H and O–H groups in total. The summed E-state index contributed by atoms with van der Waals surface area (Å²) >= 11 is 0. The SMILES string of the molecule is COc1ccc(C(C)NC2CC2c2ccccc2)c(O)c1. The second-order valence-corrected chi connectivity index (χ2v) is 5.67. The fraction of sp³-hybridized carbons (Fsp3) is 0.333. The van der Waals surface area contributed by atoms with Crippen LogP contribution in [0.25, 0.3) is 0 Å². The van der Waals surface area contributed by atoms with Crippen molar-refractivity contribution in [2.24, 2.45) is 0 Å². The van der Waals surface area contributed by atoms with E-state index in [4.69, 9.17) is 4.74 Å². The molecule has 1 saturated carbocycles. The van der Waals surface area contributed by atoms with Gasteiger partial charge in [0.15, 0.2) is 0 Å². The van der Waals surface area contributed by atoms with Crippen molar-refractivity contribution in [1.29, 1.82) is 0 Å². The highest BCUT2D eigenvalue weighted by Crippen LogP contribution is 2.42. The molecule has 1 fully saturated rings. The van der Waals surface area contributed by atoms with Crippen molar-refractivity contribution in [3.05, 3.63) is 59.7 Å². The molecule has 3 atom stereocenters. The highest BCUT2D eigenvalue weighted by Gasteiger charge is 2.39. The second-order valence-electron chi connectivity index (χ2n) is 5.67. The summed E-state index contributed by atoms with van der Waals surface area (Å²) < 4.78 is 5.12. The number of methoxy groups -OCH3 is 1. The fourth-order valence-electron chi connectivity index (χ4n) is 2.88. The van der Waals surface area contributed by atoms with Crippen molar-refractivity contribution in [3.63, 3.8) is 0 Å². The molecule has 2 aromatic carbocycles. The van der Waals surface area contributed by atoms with E-state index in [1.54, 1.807) is 13.2 Å². The van der Waals surface area contributed by atoms with Gasteiger partial charge in [0.25, 0.3) is 0 Å². The van der Waals surface area contributed by atoms with E-state index in [1.807, 2.05) is 18.2 Å². The summed E-state index contributed by atoms with van der Waals surface area (Å²) in [5, 5.41) is 13.7. The Hall–Kier alpha value is -2.00. The molecule has 1 aliphatic carbocycles. The molecule has 3 rings (SSSR count). The van der Waals surface area contributed by atoms with Crippen LogP contribution in [0.5, 0.6) is 11.5 Å². The lowest BCUT2D eigenvalue weighted by Crippen LogP contribution is -2.22. The molecule has 0 spiro atoms. The summed E-state index contributed by atoms with van der Waals surface area (Å²) in [5.74, 6) is 1.55. The number of aromatic hydroxyl groups is 1. The van der Waals surface area contributed by atoms with Gasteiger partial charge in [-0.2, -0.15) is 0 Å². The van der Waals surface area contributed by atoms with Crippen molar-refractivity contribution in [3.8, 4) is 11.5 Å². The Morgan fingerprint density at radius 1 is 1.19 bits per heavy atom. The summed E-state index contributed by atoms with van der Waals surface area (Å²) in [6, 6.07) is 16.7. The van der Waals surface area contributed by atoms with Gasteiger partial charge in [-0.25, -0.2) is 0 Å². The first-order chi connectivity index (χ1) is 10.2. The smallest absolute Gasteiger partial charge is 0.124 e. The van der Waals surface area contributed by atoms with Gasteiger partial charge in [0.05, 0.1) is 7.11 Å². The molecule has 0 bridgehead atoms. The Kier molecular flexibility index (Phi) is 3.84. The molecule has 0 radical (unpaired) electrons. The van der Waals surface area contributed by atoms with E-state index >= 15 is 0 Å². The normalized spacial score (nSPS) is 21.8. The summed E-state index contributed by atoms with van der Waals surface area (Å²) in [6.07, 6.45) is 1.16. The molecule has 0 amide bonds. The van der Waals surface area contributed by atoms with Crippen LogP contribution in [0.2, 0.25) is 0 Å². The lowest BCUT2D eigenvalue weighted by atomic mass is 10.1. The molecule has 2 aromatic rings. The predicted octanol–water partition coefficient (Wildman–Crippen LogP) is 3.61. The molecule has 0 heterocycles. The average Bonchev–Trinajstić information content (AvgIpc) is 3.27. The van der Waals surface area contributed by atoms with Crippen LogP contribution in [0.3, 0.4) is 0 Å². The Labute approximate surface area is 125 Å². The monoisotopic (exact) mass is 283 g/mol. The van der Waals surface area contributed by atoms with Crippen LogP contribution in [-0.2, 0) is 0 Å². The molecule has 3 nitrogen and oxygen atoms in total. The minimum absolute atomic E-state index is 0.120. The maximum absolute atomic E-state index is 10.1. The van der Waals surface area contributed by atoms with Crippen LogP contribution in [0.1, 0.15) is 36.4 Å². The molecular weight excluding hydrogens is 262 g/mol. The van der Waals surface area contributed by atoms with Crippen LogP contribution >= 0.6 is 0 Å². The van der Waals surface area contributed by atoms with Gasteiger partial charge in [-0.3, -0.25) is 0 Å². The van der Waals surface area contributed by atoms with Crippen LogP contribution < -0.4 is 10.1 Å². The van der Waals surface area contributed by atoms with E-state index in [9.17, 15) is 5.11 Å². The Balaban J connectivity index is 1.64. The predicted molar refractivity (Wildman–Crippen MR) is 83.8 cm³/mol. The molecule has 1 aliphatic rings. The Morgan fingerprint density at radius 2 is 1.95 bits per heavy atom. The summed E-state index contributed by atoms with van der Waals surface area (Å²) in [5.41, 5.74) is 2.30. The van der Waals surface area contributed by atoms with Gasteiger partial charge in [0.1, 0.15) is 11.5 Å². The summed E-state index contributed by atoms with van der Waals surface area (Å²) in [6.45, 7) is 2.09. The number of rotatable bonds is 5. The maximum atomic E-state index is 10.1. The Bertz CT molecular complexity index is 612. The van der Waals surface area contributed by atoms with Gasteiger partial charge in [-0.15, -0.1) is 0 Å². The van der Waals surface area contributed by atoms with Crippen LogP contribution in [-0.4, -0.2) is 18.3 Å². The summed E-state index contributed by atoms with van der Waals surface area (Å²) in [4.78, 5) is 0. The number of hydrogen-bond acceptors (Lipinski definition) is 3. The first-order valence-electron chi connectivity index (χ1n) is 7.37. The summed E-state index contributed by atoms with van der Waals surface area (Å²) in [7, 11) is 1.60. The lowest BCUT2D eigenvalue weighted by molar-refractivity contribution is 0.404. The zero-order chi connectivity index (χ0) is 14.8. The standard InChI is InChI=1S/C18H21NO2/c1-12(15-9-8-14(21-2)10-18(15)20)19-17-11-16(17)13-6-4-3-5-7-13/h3-10,12,16-17,19-20H,11H2,1-2H3. The largest absolute Gasteiger partial charge is 0.507 e. The third kappa shape index (κ3) is 3.03. The van der Waals surface area contributed by atoms with Gasteiger partial charge < -0.3 is 15.2 Å². The average molecular weight is 283 g/mol. The number of phenols is 1. The van der Waals surface area contributed by atoms with Gasteiger partial charge in [-0.05, 0) is 25.0 Å². The van der Waals surface area contributed by atoms with E-state index in [0.717, 1.165) is 12.0 Å². The first kappa shape index (κ1) is 14.0. The lowest BCUT2D eigenvalue weighted by Gasteiger charge is -2.16. The van der Waals surface area contributed by atoms with Crippen LogP contribution in [0.15, 0.2) is 48.5 Å². The van der Waals surface area contributed by atoms with Crippen molar-refractivity contribution >= 4 is 0 Å². The number of nitrogens with one attached hydrogen (secondary N) is 1. The second kappa shape index (κ2) is 5.78. The molecular formula is C18H21NO2. The van der Waals surface area contributed by atoms with Gasteiger partial charge in [0.2, 0.25) is 0 Å².